The lowest BCUT2D eigenvalue weighted by molar-refractivity contribution is -0.122. The molecule has 8 heteroatoms. The van der Waals surface area contributed by atoms with Crippen LogP contribution in [0.1, 0.15) is 12.8 Å². The summed E-state index contributed by atoms with van der Waals surface area (Å²) in [6, 6.07) is 9.30. The van der Waals surface area contributed by atoms with Crippen LogP contribution in [0.15, 0.2) is 36.7 Å². The molecule has 1 aliphatic rings. The molecule has 0 radical (unpaired) electrons. The average molecular weight is 300 g/mol. The van der Waals surface area contributed by atoms with Crippen molar-refractivity contribution in [2.24, 2.45) is 0 Å². The summed E-state index contributed by atoms with van der Waals surface area (Å²) in [5.74, 6) is -0.0832. The van der Waals surface area contributed by atoms with E-state index in [2.05, 4.69) is 20.8 Å². The fourth-order valence-electron chi connectivity index (χ4n) is 2.46. The highest BCUT2D eigenvalue weighted by molar-refractivity contribution is 5.96. The molecule has 0 aliphatic carbocycles. The number of anilines is 1. The second-order valence-electron chi connectivity index (χ2n) is 5.13. The maximum atomic E-state index is 12.1. The van der Waals surface area contributed by atoms with Crippen molar-refractivity contribution >= 4 is 17.5 Å². The van der Waals surface area contributed by atoms with Crippen LogP contribution in [0.3, 0.4) is 0 Å². The Morgan fingerprint density at radius 2 is 2.14 bits per heavy atom. The molecular formula is C14H16N6O2. The van der Waals surface area contributed by atoms with Crippen molar-refractivity contribution in [3.63, 3.8) is 0 Å². The first-order valence-electron chi connectivity index (χ1n) is 7.08. The first-order chi connectivity index (χ1) is 10.7. The van der Waals surface area contributed by atoms with Gasteiger partial charge in [0.2, 0.25) is 11.8 Å². The number of hydrogen-bond acceptors (Lipinski definition) is 5. The lowest BCUT2D eigenvalue weighted by Gasteiger charge is -2.17. The first kappa shape index (κ1) is 14.2. The molecule has 0 saturated carbocycles. The molecule has 1 aromatic heterocycles. The Balaban J connectivity index is 1.51. The molecule has 1 atom stereocenters. The second-order valence-corrected chi connectivity index (χ2v) is 5.13. The number of aryl methyl sites for hydroxylation is 1. The predicted molar refractivity (Wildman–Crippen MR) is 77.8 cm³/mol. The largest absolute Gasteiger partial charge is 0.351 e. The quantitative estimate of drug-likeness (QED) is 0.838. The zero-order chi connectivity index (χ0) is 15.4. The van der Waals surface area contributed by atoms with Crippen LogP contribution < -0.4 is 10.2 Å². The Bertz CT molecular complexity index is 643. The summed E-state index contributed by atoms with van der Waals surface area (Å²) in [4.78, 5) is 25.7. The number of nitrogens with zero attached hydrogens (tertiary/aromatic N) is 5. The summed E-state index contributed by atoms with van der Waals surface area (Å²) in [7, 11) is 0. The third-order valence-corrected chi connectivity index (χ3v) is 3.52. The van der Waals surface area contributed by atoms with Gasteiger partial charge in [-0.05, 0) is 22.6 Å². The Kier molecular flexibility index (Phi) is 4.08. The maximum Gasteiger partial charge on any atom is 0.229 e. The third-order valence-electron chi connectivity index (χ3n) is 3.52. The fourth-order valence-corrected chi connectivity index (χ4v) is 2.46. The summed E-state index contributed by atoms with van der Waals surface area (Å²) < 4.78 is 1.50. The number of carbonyl (C=O) groups excluding carboxylic acids is 2. The van der Waals surface area contributed by atoms with E-state index in [0.29, 0.717) is 19.5 Å². The molecule has 1 aliphatic heterocycles. The first-order valence-corrected chi connectivity index (χ1v) is 7.08. The minimum absolute atomic E-state index is 0.0250. The third kappa shape index (κ3) is 3.27. The van der Waals surface area contributed by atoms with Crippen LogP contribution in [-0.2, 0) is 16.1 Å². The van der Waals surface area contributed by atoms with Crippen molar-refractivity contribution < 1.29 is 9.59 Å². The molecule has 3 rings (SSSR count). The zero-order valence-electron chi connectivity index (χ0n) is 11.9. The van der Waals surface area contributed by atoms with Gasteiger partial charge in [-0.15, -0.1) is 5.10 Å². The maximum absolute atomic E-state index is 12.1. The predicted octanol–water partition coefficient (Wildman–Crippen LogP) is -0.0151. The van der Waals surface area contributed by atoms with Gasteiger partial charge in [-0.2, -0.15) is 0 Å². The number of rotatable bonds is 5. The van der Waals surface area contributed by atoms with Crippen LogP contribution in [0.4, 0.5) is 5.69 Å². The molecule has 8 nitrogen and oxygen atoms in total. The molecule has 2 heterocycles. The highest BCUT2D eigenvalue weighted by Crippen LogP contribution is 2.20. The Labute approximate surface area is 127 Å². The van der Waals surface area contributed by atoms with E-state index in [4.69, 9.17) is 0 Å². The van der Waals surface area contributed by atoms with Crippen molar-refractivity contribution in [2.45, 2.75) is 25.4 Å². The van der Waals surface area contributed by atoms with Gasteiger partial charge in [0.15, 0.2) is 0 Å². The van der Waals surface area contributed by atoms with Crippen LogP contribution in [0.25, 0.3) is 0 Å². The molecule has 1 saturated heterocycles. The normalized spacial score (nSPS) is 17.7. The van der Waals surface area contributed by atoms with Crippen molar-refractivity contribution in [2.75, 3.05) is 11.4 Å². The summed E-state index contributed by atoms with van der Waals surface area (Å²) in [5.41, 5.74) is 0.859. The van der Waals surface area contributed by atoms with E-state index in [-0.39, 0.29) is 24.3 Å². The standard InChI is InChI=1S/C14H16N6O2/c21-13(6-7-19-10-15-17-18-19)16-11-8-14(22)20(9-11)12-4-2-1-3-5-12/h1-5,10-11H,6-9H2,(H,16,21). The van der Waals surface area contributed by atoms with Gasteiger partial charge < -0.3 is 10.2 Å². The van der Waals surface area contributed by atoms with Crippen LogP contribution >= 0.6 is 0 Å². The SMILES string of the molecule is O=C(CCn1cnnn1)NC1CC(=O)N(c2ccccc2)C1. The van der Waals surface area contributed by atoms with Crippen LogP contribution in [0.2, 0.25) is 0 Å². The number of para-hydroxylation sites is 1. The van der Waals surface area contributed by atoms with Crippen molar-refractivity contribution in [3.8, 4) is 0 Å². The van der Waals surface area contributed by atoms with Gasteiger partial charge in [-0.3, -0.25) is 9.59 Å². The van der Waals surface area contributed by atoms with Crippen LogP contribution in [0, 0.1) is 0 Å². The Hall–Kier alpha value is -2.77. The van der Waals surface area contributed by atoms with E-state index >= 15 is 0 Å². The number of benzene rings is 1. The summed E-state index contributed by atoms with van der Waals surface area (Å²) in [5, 5.41) is 13.6. The fraction of sp³-hybridized carbons (Fsp3) is 0.357. The molecule has 2 amide bonds. The van der Waals surface area contributed by atoms with Gasteiger partial charge in [0.1, 0.15) is 6.33 Å². The molecule has 1 unspecified atom stereocenters. The smallest absolute Gasteiger partial charge is 0.229 e. The minimum Gasteiger partial charge on any atom is -0.351 e. The number of tetrazole rings is 1. The van der Waals surface area contributed by atoms with Gasteiger partial charge in [0, 0.05) is 25.1 Å². The van der Waals surface area contributed by atoms with Gasteiger partial charge in [0.05, 0.1) is 12.6 Å². The molecule has 0 spiro atoms. The van der Waals surface area contributed by atoms with Gasteiger partial charge in [-0.25, -0.2) is 4.68 Å². The number of hydrogen-bond donors (Lipinski definition) is 1. The molecule has 1 N–H and O–H groups in total. The Morgan fingerprint density at radius 1 is 1.32 bits per heavy atom. The molecule has 114 valence electrons. The zero-order valence-corrected chi connectivity index (χ0v) is 11.9. The number of carbonyl (C=O) groups is 2. The van der Waals surface area contributed by atoms with E-state index in [9.17, 15) is 9.59 Å². The lowest BCUT2D eigenvalue weighted by Crippen LogP contribution is -2.37. The summed E-state index contributed by atoms with van der Waals surface area (Å²) in [6.07, 6.45) is 2.07. The van der Waals surface area contributed by atoms with Crippen LogP contribution in [-0.4, -0.2) is 44.6 Å². The Morgan fingerprint density at radius 3 is 2.86 bits per heavy atom. The number of aromatic nitrogens is 4. The van der Waals surface area contributed by atoms with Gasteiger partial charge in [-0.1, -0.05) is 18.2 Å². The van der Waals surface area contributed by atoms with E-state index in [1.807, 2.05) is 30.3 Å². The highest BCUT2D eigenvalue weighted by atomic mass is 16.2. The van der Waals surface area contributed by atoms with Crippen LogP contribution in [0.5, 0.6) is 0 Å². The molecule has 1 fully saturated rings. The molecule has 22 heavy (non-hydrogen) atoms. The van der Waals surface area contributed by atoms with Crippen molar-refractivity contribution in [1.29, 1.82) is 0 Å². The highest BCUT2D eigenvalue weighted by Gasteiger charge is 2.31. The van der Waals surface area contributed by atoms with E-state index < -0.39 is 0 Å². The second kappa shape index (κ2) is 6.33. The van der Waals surface area contributed by atoms with E-state index in [1.165, 1.54) is 11.0 Å². The molecular weight excluding hydrogens is 284 g/mol. The average Bonchev–Trinajstić information content (AvgIpc) is 3.16. The molecule has 2 aromatic rings. The monoisotopic (exact) mass is 300 g/mol. The summed E-state index contributed by atoms with van der Waals surface area (Å²) >= 11 is 0. The van der Waals surface area contributed by atoms with E-state index in [0.717, 1.165) is 5.69 Å². The number of amides is 2. The molecule has 1 aromatic carbocycles. The summed E-state index contributed by atoms with van der Waals surface area (Å²) in [6.45, 7) is 0.918. The topological polar surface area (TPSA) is 93.0 Å². The van der Waals surface area contributed by atoms with Gasteiger partial charge >= 0.3 is 0 Å². The lowest BCUT2D eigenvalue weighted by atomic mass is 10.2. The van der Waals surface area contributed by atoms with E-state index in [1.54, 1.807) is 4.90 Å². The van der Waals surface area contributed by atoms with Crippen molar-refractivity contribution in [3.05, 3.63) is 36.7 Å². The molecule has 0 bridgehead atoms. The van der Waals surface area contributed by atoms with Gasteiger partial charge in [0.25, 0.3) is 0 Å². The minimum atomic E-state index is -0.158. The van der Waals surface area contributed by atoms with Crippen molar-refractivity contribution in [1.82, 2.24) is 25.5 Å². The number of nitrogens with one attached hydrogen (secondary N) is 1.